The molecule has 1 heterocycles. The van der Waals surface area contributed by atoms with Gasteiger partial charge in [-0.3, -0.25) is 4.79 Å². The van der Waals surface area contributed by atoms with Crippen LogP contribution in [-0.4, -0.2) is 45.3 Å². The molecule has 2 aromatic carbocycles. The fraction of sp³-hybridized carbons (Fsp3) is 0.348. The van der Waals surface area contributed by atoms with Crippen molar-refractivity contribution in [3.05, 3.63) is 46.7 Å². The van der Waals surface area contributed by atoms with Gasteiger partial charge >= 0.3 is 0 Å². The molecule has 0 bridgehead atoms. The van der Waals surface area contributed by atoms with E-state index in [4.69, 9.17) is 18.9 Å². The van der Waals surface area contributed by atoms with Gasteiger partial charge in [-0.05, 0) is 38.1 Å². The molecule has 160 valence electrons. The predicted molar refractivity (Wildman–Crippen MR) is 113 cm³/mol. The number of hydrogen-bond donors (Lipinski definition) is 2. The van der Waals surface area contributed by atoms with Crippen molar-refractivity contribution in [1.82, 2.24) is 0 Å². The van der Waals surface area contributed by atoms with E-state index >= 15 is 0 Å². The molecular weight excluding hydrogens is 386 g/mol. The van der Waals surface area contributed by atoms with Gasteiger partial charge in [-0.25, -0.2) is 0 Å². The Bertz CT molecular complexity index is 978. The van der Waals surface area contributed by atoms with Gasteiger partial charge in [0.1, 0.15) is 18.0 Å². The first kappa shape index (κ1) is 21.5. The van der Waals surface area contributed by atoms with Crippen LogP contribution in [0.3, 0.4) is 0 Å². The summed E-state index contributed by atoms with van der Waals surface area (Å²) in [5.41, 5.74) is 1.70. The van der Waals surface area contributed by atoms with Gasteiger partial charge in [-0.1, -0.05) is 0 Å². The highest BCUT2D eigenvalue weighted by Crippen LogP contribution is 2.41. The summed E-state index contributed by atoms with van der Waals surface area (Å²) < 4.78 is 22.1. The molecule has 3 rings (SSSR count). The van der Waals surface area contributed by atoms with Crippen LogP contribution in [0.1, 0.15) is 35.3 Å². The number of benzene rings is 2. The predicted octanol–water partition coefficient (Wildman–Crippen LogP) is 2.46. The number of carbonyl (C=O) groups excluding carboxylic acids is 1. The average molecular weight is 414 g/mol. The Morgan fingerprint density at radius 3 is 2.23 bits per heavy atom. The summed E-state index contributed by atoms with van der Waals surface area (Å²) in [6.07, 6.45) is 1.62. The number of fused-ring (bicyclic) bond motifs is 1. The molecule has 0 amide bonds. The number of aromatic hydroxyl groups is 1. The van der Waals surface area contributed by atoms with Crippen molar-refractivity contribution in [2.75, 3.05) is 34.4 Å². The minimum Gasteiger partial charge on any atom is -0.507 e. The van der Waals surface area contributed by atoms with Crippen LogP contribution in [0.2, 0.25) is 0 Å². The molecular formula is C23H28NO6+. The maximum absolute atomic E-state index is 13.0. The Balaban J connectivity index is 2.03. The third-order valence-corrected chi connectivity index (χ3v) is 5.37. The van der Waals surface area contributed by atoms with Crippen molar-refractivity contribution in [2.45, 2.75) is 20.4 Å². The number of allylic oxidation sites excluding steroid dienone is 1. The summed E-state index contributed by atoms with van der Waals surface area (Å²) in [6.45, 7) is 6.54. The topological polar surface area (TPSA) is 78.7 Å². The van der Waals surface area contributed by atoms with Gasteiger partial charge in [0.25, 0.3) is 0 Å². The number of hydrogen-bond acceptors (Lipinski definition) is 6. The normalized spacial score (nSPS) is 14.1. The summed E-state index contributed by atoms with van der Waals surface area (Å²) in [4.78, 5) is 14.3. The molecule has 0 unspecified atom stereocenters. The van der Waals surface area contributed by atoms with Crippen LogP contribution in [0, 0.1) is 0 Å². The number of phenols is 1. The fourth-order valence-electron chi connectivity index (χ4n) is 3.52. The zero-order valence-corrected chi connectivity index (χ0v) is 18.0. The molecule has 0 saturated heterocycles. The molecule has 30 heavy (non-hydrogen) atoms. The number of phenolic OH excluding ortho intramolecular Hbond substituents is 1. The molecule has 1 aliphatic heterocycles. The monoisotopic (exact) mass is 414 g/mol. The Labute approximate surface area is 176 Å². The van der Waals surface area contributed by atoms with Crippen molar-refractivity contribution in [1.29, 1.82) is 0 Å². The summed E-state index contributed by atoms with van der Waals surface area (Å²) in [5.74, 6) is 2.03. The second kappa shape index (κ2) is 9.09. The number of carbonyl (C=O) groups is 1. The average Bonchev–Trinajstić information content (AvgIpc) is 3.08. The van der Waals surface area contributed by atoms with Crippen molar-refractivity contribution < 1.29 is 33.7 Å². The number of ether oxygens (including phenoxy) is 4. The van der Waals surface area contributed by atoms with E-state index in [0.29, 0.717) is 46.2 Å². The molecule has 0 aliphatic carbocycles. The number of Topliss-reactive ketones (excluding diaryl/α,β-unsaturated/α-hetero) is 1. The van der Waals surface area contributed by atoms with Crippen LogP contribution in [0.15, 0.2) is 30.0 Å². The SMILES string of the molecule is CC[NH+](CC)Cc1c(O)ccc2c1OC(=Cc1cc(OC)c(OC)cc1OC)C2=O. The Morgan fingerprint density at radius 2 is 1.63 bits per heavy atom. The van der Waals surface area contributed by atoms with Crippen molar-refractivity contribution in [3.8, 4) is 28.7 Å². The van der Waals surface area contributed by atoms with Crippen LogP contribution < -0.4 is 23.8 Å². The van der Waals surface area contributed by atoms with E-state index in [1.165, 1.54) is 4.90 Å². The van der Waals surface area contributed by atoms with E-state index in [2.05, 4.69) is 13.8 Å². The number of nitrogens with one attached hydrogen (secondary N) is 1. The number of rotatable bonds is 8. The van der Waals surface area contributed by atoms with Crippen LogP contribution in [0.5, 0.6) is 28.7 Å². The van der Waals surface area contributed by atoms with Gasteiger partial charge in [-0.15, -0.1) is 0 Å². The molecule has 0 atom stereocenters. The van der Waals surface area contributed by atoms with E-state index in [9.17, 15) is 9.90 Å². The summed E-state index contributed by atoms with van der Waals surface area (Å²) in [6, 6.07) is 6.57. The highest BCUT2D eigenvalue weighted by atomic mass is 16.5. The van der Waals surface area contributed by atoms with Crippen LogP contribution >= 0.6 is 0 Å². The van der Waals surface area contributed by atoms with E-state index < -0.39 is 0 Å². The summed E-state index contributed by atoms with van der Waals surface area (Å²) >= 11 is 0. The number of quaternary nitrogens is 1. The molecule has 0 aromatic heterocycles. The van der Waals surface area contributed by atoms with Crippen molar-refractivity contribution in [3.63, 3.8) is 0 Å². The van der Waals surface area contributed by atoms with Gasteiger partial charge in [0.05, 0.1) is 45.5 Å². The van der Waals surface area contributed by atoms with E-state index in [-0.39, 0.29) is 17.3 Å². The van der Waals surface area contributed by atoms with Gasteiger partial charge in [-0.2, -0.15) is 0 Å². The van der Waals surface area contributed by atoms with Gasteiger partial charge in [0.2, 0.25) is 5.78 Å². The highest BCUT2D eigenvalue weighted by molar-refractivity contribution is 6.15. The fourth-order valence-corrected chi connectivity index (χ4v) is 3.52. The number of ketones is 1. The first-order valence-electron chi connectivity index (χ1n) is 9.89. The molecule has 0 saturated carbocycles. The first-order chi connectivity index (χ1) is 14.5. The standard InChI is InChI=1S/C23H27NO6/c1-6-24(7-2)13-16-17(25)9-8-15-22(26)21(30-23(15)16)11-14-10-19(28-4)20(29-5)12-18(14)27-3/h8-12,25H,6-7,13H2,1-5H3/p+1. The minimum atomic E-state index is -0.238. The zero-order chi connectivity index (χ0) is 21.8. The first-order valence-corrected chi connectivity index (χ1v) is 9.89. The zero-order valence-electron chi connectivity index (χ0n) is 18.0. The van der Waals surface area contributed by atoms with Gasteiger partial charge in [0, 0.05) is 11.6 Å². The van der Waals surface area contributed by atoms with Crippen molar-refractivity contribution >= 4 is 11.9 Å². The lowest BCUT2D eigenvalue weighted by Gasteiger charge is -2.17. The van der Waals surface area contributed by atoms with Crippen LogP contribution in [0.4, 0.5) is 0 Å². The molecule has 0 radical (unpaired) electrons. The minimum absolute atomic E-state index is 0.130. The number of methoxy groups -OCH3 is 3. The lowest BCUT2D eigenvalue weighted by Crippen LogP contribution is -3.10. The quantitative estimate of drug-likeness (QED) is 0.646. The smallest absolute Gasteiger partial charge is 0.231 e. The maximum Gasteiger partial charge on any atom is 0.231 e. The third kappa shape index (κ3) is 3.93. The lowest BCUT2D eigenvalue weighted by atomic mass is 10.0. The molecule has 0 spiro atoms. The lowest BCUT2D eigenvalue weighted by molar-refractivity contribution is -0.910. The van der Waals surface area contributed by atoms with Crippen LogP contribution in [-0.2, 0) is 6.54 Å². The highest BCUT2D eigenvalue weighted by Gasteiger charge is 2.32. The summed E-state index contributed by atoms with van der Waals surface area (Å²) in [7, 11) is 4.62. The molecule has 1 aliphatic rings. The molecule has 7 heteroatoms. The Hall–Kier alpha value is -3.19. The van der Waals surface area contributed by atoms with E-state index in [1.54, 1.807) is 51.7 Å². The second-order valence-electron chi connectivity index (χ2n) is 6.96. The Morgan fingerprint density at radius 1 is 1.00 bits per heavy atom. The summed E-state index contributed by atoms with van der Waals surface area (Å²) in [5, 5.41) is 10.4. The third-order valence-electron chi connectivity index (χ3n) is 5.37. The van der Waals surface area contributed by atoms with E-state index in [0.717, 1.165) is 13.1 Å². The molecule has 0 fully saturated rings. The second-order valence-corrected chi connectivity index (χ2v) is 6.96. The van der Waals surface area contributed by atoms with Crippen LogP contribution in [0.25, 0.3) is 6.08 Å². The Kier molecular flexibility index (Phi) is 6.52. The van der Waals surface area contributed by atoms with Gasteiger partial charge in [0.15, 0.2) is 23.0 Å². The maximum atomic E-state index is 13.0. The largest absolute Gasteiger partial charge is 0.507 e. The van der Waals surface area contributed by atoms with Gasteiger partial charge < -0.3 is 29.0 Å². The van der Waals surface area contributed by atoms with E-state index in [1.807, 2.05) is 0 Å². The molecule has 7 nitrogen and oxygen atoms in total. The van der Waals surface area contributed by atoms with Crippen molar-refractivity contribution in [2.24, 2.45) is 0 Å². The molecule has 2 aromatic rings. The molecule has 2 N–H and O–H groups in total.